The average molecular weight is 393 g/mol. The van der Waals surface area contributed by atoms with Gasteiger partial charge in [-0.1, -0.05) is 68.4 Å². The smallest absolute Gasteiger partial charge is 0.420 e. The zero-order chi connectivity index (χ0) is 19.5. The molecule has 0 aromatic heterocycles. The number of benzene rings is 1. The maximum Gasteiger partial charge on any atom is 0.420 e. The van der Waals surface area contributed by atoms with Crippen LogP contribution in [0.25, 0.3) is 0 Å². The van der Waals surface area contributed by atoms with Gasteiger partial charge in [-0.25, -0.2) is 4.79 Å². The highest BCUT2D eigenvalue weighted by molar-refractivity contribution is 7.64. The van der Waals surface area contributed by atoms with E-state index in [1.54, 1.807) is 18.2 Å². The fraction of sp³-hybridized carbons (Fsp3) is 0.682. The van der Waals surface area contributed by atoms with Crippen molar-refractivity contribution in [1.82, 2.24) is 0 Å². The Morgan fingerprint density at radius 1 is 0.963 bits per heavy atom. The molecule has 0 N–H and O–H groups in total. The first-order chi connectivity index (χ1) is 13.2. The molecule has 5 heteroatoms. The summed E-state index contributed by atoms with van der Waals surface area (Å²) in [6, 6.07) is 5.16. The van der Waals surface area contributed by atoms with Gasteiger partial charge in [0.25, 0.3) is 0 Å². The van der Waals surface area contributed by atoms with Crippen LogP contribution in [-0.4, -0.2) is 25.9 Å². The molecule has 0 spiro atoms. The Hall–Kier alpha value is -1.41. The molecule has 0 aliphatic heterocycles. The van der Waals surface area contributed by atoms with Crippen molar-refractivity contribution in [3.8, 4) is 11.5 Å². The first kappa shape index (κ1) is 21.9. The van der Waals surface area contributed by atoms with Gasteiger partial charge in [0, 0.05) is 0 Å². The van der Waals surface area contributed by atoms with Crippen LogP contribution >= 0.6 is 7.80 Å². The number of rotatable bonds is 12. The number of hydrogen-bond donors (Lipinski definition) is 0. The minimum Gasteiger partial charge on any atom is -0.496 e. The lowest BCUT2D eigenvalue weighted by atomic mass is 9.85. The molecule has 2 rings (SSSR count). The van der Waals surface area contributed by atoms with Gasteiger partial charge in [-0.3, -0.25) is 0 Å². The average Bonchev–Trinajstić information content (AvgIpc) is 2.72. The van der Waals surface area contributed by atoms with E-state index < -0.39 is 7.80 Å². The summed E-state index contributed by atoms with van der Waals surface area (Å²) in [5, 5.41) is 0. The quantitative estimate of drug-likeness (QED) is 0.297. The number of methoxy groups -OCH3 is 2. The van der Waals surface area contributed by atoms with Crippen molar-refractivity contribution in [2.45, 2.75) is 70.6 Å². The van der Waals surface area contributed by atoms with Crippen molar-refractivity contribution in [3.05, 3.63) is 23.8 Å². The standard InChI is InChI=1S/C22H34O4P/c1-25-19-15-11-16-20(26-2)21(19)22(23)27(24)17-10-5-3-4-7-12-18-13-8-6-9-14-18/h11,15-16,18H,3-10,12-14,17H2,1-2H3/q+1. The summed E-state index contributed by atoms with van der Waals surface area (Å²) >= 11 is 0. The van der Waals surface area contributed by atoms with Crippen LogP contribution in [0, 0.1) is 5.92 Å². The second-order valence-corrected chi connectivity index (χ2v) is 9.12. The molecule has 27 heavy (non-hydrogen) atoms. The van der Waals surface area contributed by atoms with Gasteiger partial charge in [-0.15, -0.1) is 0 Å². The fourth-order valence-electron chi connectivity index (χ4n) is 3.98. The summed E-state index contributed by atoms with van der Waals surface area (Å²) in [6.45, 7) is 0. The van der Waals surface area contributed by atoms with Crippen molar-refractivity contribution in [2.24, 2.45) is 5.92 Å². The number of carbonyl (C=O) groups excluding carboxylic acids is 1. The van der Waals surface area contributed by atoms with Gasteiger partial charge in [0.15, 0.2) is 11.7 Å². The summed E-state index contributed by atoms with van der Waals surface area (Å²) in [7, 11) is 1.07. The van der Waals surface area contributed by atoms with Crippen LogP contribution in [0.15, 0.2) is 18.2 Å². The molecule has 4 nitrogen and oxygen atoms in total. The van der Waals surface area contributed by atoms with Gasteiger partial charge in [0.2, 0.25) is 0 Å². The monoisotopic (exact) mass is 393 g/mol. The summed E-state index contributed by atoms with van der Waals surface area (Å²) < 4.78 is 23.0. The second-order valence-electron chi connectivity index (χ2n) is 7.51. The molecule has 1 aliphatic carbocycles. The van der Waals surface area contributed by atoms with E-state index in [2.05, 4.69) is 0 Å². The van der Waals surface area contributed by atoms with Crippen LogP contribution in [-0.2, 0) is 4.57 Å². The molecule has 0 heterocycles. The molecule has 0 bridgehead atoms. The minimum atomic E-state index is -1.95. The SMILES string of the molecule is COc1cccc(OC)c1C(=O)[P+](=O)CCCCCCCC1CCCCC1. The maximum absolute atomic E-state index is 12.6. The van der Waals surface area contributed by atoms with E-state index in [9.17, 15) is 9.36 Å². The van der Waals surface area contributed by atoms with Crippen LogP contribution in [0.4, 0.5) is 0 Å². The summed E-state index contributed by atoms with van der Waals surface area (Å²) in [4.78, 5) is 12.6. The van der Waals surface area contributed by atoms with Gasteiger partial charge < -0.3 is 9.47 Å². The molecule has 150 valence electrons. The molecule has 1 saturated carbocycles. The second kappa shape index (κ2) is 12.1. The van der Waals surface area contributed by atoms with Crippen LogP contribution in [0.1, 0.15) is 81.0 Å². The van der Waals surface area contributed by atoms with Crippen molar-refractivity contribution >= 4 is 13.3 Å². The Balaban J connectivity index is 1.67. The van der Waals surface area contributed by atoms with Crippen molar-refractivity contribution in [2.75, 3.05) is 20.4 Å². The zero-order valence-corrected chi connectivity index (χ0v) is 17.8. The highest BCUT2D eigenvalue weighted by atomic mass is 31.1. The predicted octanol–water partition coefficient (Wildman–Crippen LogP) is 6.59. The van der Waals surface area contributed by atoms with Gasteiger partial charge in [0.1, 0.15) is 11.5 Å². The van der Waals surface area contributed by atoms with Crippen LogP contribution in [0.3, 0.4) is 0 Å². The van der Waals surface area contributed by atoms with E-state index in [0.717, 1.165) is 18.8 Å². The third-order valence-corrected chi connectivity index (χ3v) is 6.97. The van der Waals surface area contributed by atoms with E-state index in [-0.39, 0.29) is 5.52 Å². The molecule has 1 unspecified atom stereocenters. The summed E-state index contributed by atoms with van der Waals surface area (Å²) in [5.41, 5.74) is -0.0623. The van der Waals surface area contributed by atoms with Gasteiger partial charge >= 0.3 is 13.3 Å². The lowest BCUT2D eigenvalue weighted by Gasteiger charge is -2.21. The minimum absolute atomic E-state index is 0.302. The molecule has 1 fully saturated rings. The number of carbonyl (C=O) groups is 1. The van der Waals surface area contributed by atoms with E-state index in [4.69, 9.17) is 9.47 Å². The molecule has 1 aliphatic rings. The first-order valence-electron chi connectivity index (χ1n) is 10.4. The number of ether oxygens (including phenoxy) is 2. The normalized spacial score (nSPS) is 15.4. The lowest BCUT2D eigenvalue weighted by molar-refractivity contribution is 0.107. The maximum atomic E-state index is 12.6. The van der Waals surface area contributed by atoms with Gasteiger partial charge in [0.05, 0.1) is 14.2 Å². The third kappa shape index (κ3) is 6.92. The third-order valence-electron chi connectivity index (χ3n) is 5.57. The molecule has 1 atom stereocenters. The predicted molar refractivity (Wildman–Crippen MR) is 111 cm³/mol. The number of hydrogen-bond acceptors (Lipinski definition) is 4. The largest absolute Gasteiger partial charge is 0.496 e. The van der Waals surface area contributed by atoms with Crippen LogP contribution < -0.4 is 9.47 Å². The van der Waals surface area contributed by atoms with Crippen molar-refractivity contribution in [3.63, 3.8) is 0 Å². The van der Waals surface area contributed by atoms with Crippen LogP contribution in [0.2, 0.25) is 0 Å². The Bertz CT molecular complexity index is 586. The molecule has 0 saturated heterocycles. The van der Waals surface area contributed by atoms with E-state index in [1.807, 2.05) is 0 Å². The topological polar surface area (TPSA) is 52.6 Å². The first-order valence-corrected chi connectivity index (χ1v) is 11.8. The van der Waals surface area contributed by atoms with Crippen LogP contribution in [0.5, 0.6) is 11.5 Å². The van der Waals surface area contributed by atoms with E-state index in [1.165, 1.54) is 72.0 Å². The molecular formula is C22H34O4P+. The molecular weight excluding hydrogens is 359 g/mol. The zero-order valence-electron chi connectivity index (χ0n) is 16.9. The Morgan fingerprint density at radius 3 is 2.19 bits per heavy atom. The Morgan fingerprint density at radius 2 is 1.56 bits per heavy atom. The molecule has 1 aromatic rings. The highest BCUT2D eigenvalue weighted by Crippen LogP contribution is 2.38. The summed E-state index contributed by atoms with van der Waals surface area (Å²) in [6.07, 6.45) is 14.5. The highest BCUT2D eigenvalue weighted by Gasteiger charge is 2.34. The summed E-state index contributed by atoms with van der Waals surface area (Å²) in [5.74, 6) is 1.80. The van der Waals surface area contributed by atoms with Gasteiger partial charge in [-0.05, 0) is 30.9 Å². The Kier molecular flexibility index (Phi) is 9.83. The van der Waals surface area contributed by atoms with E-state index in [0.29, 0.717) is 23.2 Å². The fourth-order valence-corrected chi connectivity index (χ4v) is 5.17. The van der Waals surface area contributed by atoms with Gasteiger partial charge in [-0.2, -0.15) is 0 Å². The Labute approximate surface area is 164 Å². The van der Waals surface area contributed by atoms with Crippen molar-refractivity contribution < 1.29 is 18.8 Å². The van der Waals surface area contributed by atoms with Crippen molar-refractivity contribution in [1.29, 1.82) is 0 Å². The molecule has 0 radical (unpaired) electrons. The molecule has 1 aromatic carbocycles. The van der Waals surface area contributed by atoms with E-state index >= 15 is 0 Å². The number of unbranched alkanes of at least 4 members (excludes halogenated alkanes) is 4. The molecule has 0 amide bonds. The lowest BCUT2D eigenvalue weighted by Crippen LogP contribution is -2.05.